The van der Waals surface area contributed by atoms with Crippen molar-refractivity contribution in [3.05, 3.63) is 0 Å². The molecule has 0 aliphatic carbocycles. The van der Waals surface area contributed by atoms with Gasteiger partial charge in [0.2, 0.25) is 0 Å². The van der Waals surface area contributed by atoms with E-state index in [1.54, 1.807) is 0 Å². The van der Waals surface area contributed by atoms with Gasteiger partial charge in [0.1, 0.15) is 6.23 Å². The van der Waals surface area contributed by atoms with Gasteiger partial charge in [0.15, 0.2) is 0 Å². The van der Waals surface area contributed by atoms with Gasteiger partial charge in [0, 0.05) is 12.1 Å². The predicted octanol–water partition coefficient (Wildman–Crippen LogP) is 1.61. The molecule has 3 nitrogen and oxygen atoms in total. The van der Waals surface area contributed by atoms with Crippen LogP contribution < -0.4 is 0 Å². The van der Waals surface area contributed by atoms with Crippen LogP contribution in [-0.4, -0.2) is 28.6 Å². The first-order valence-electron chi connectivity index (χ1n) is 4.18. The minimum atomic E-state index is -0.111. The SMILES string of the molecule is CCOC1CCC(C)(C)N1O. The van der Waals surface area contributed by atoms with Crippen LogP contribution >= 0.6 is 0 Å². The van der Waals surface area contributed by atoms with E-state index in [1.807, 2.05) is 20.8 Å². The Kier molecular flexibility index (Phi) is 2.52. The van der Waals surface area contributed by atoms with Crippen molar-refractivity contribution in [1.29, 1.82) is 0 Å². The molecule has 1 saturated heterocycles. The first-order chi connectivity index (χ1) is 5.08. The summed E-state index contributed by atoms with van der Waals surface area (Å²) in [5, 5.41) is 10.9. The standard InChI is InChI=1S/C8H17NO2/c1-4-11-7-5-6-8(2,3)9(7)10/h7,10H,4-6H2,1-3H3. The molecule has 1 rings (SSSR count). The van der Waals surface area contributed by atoms with Crippen LogP contribution in [0.2, 0.25) is 0 Å². The first-order valence-corrected chi connectivity index (χ1v) is 4.18. The van der Waals surface area contributed by atoms with Crippen molar-refractivity contribution in [2.75, 3.05) is 6.61 Å². The summed E-state index contributed by atoms with van der Waals surface area (Å²) in [6.45, 7) is 6.65. The quantitative estimate of drug-likeness (QED) is 0.664. The number of hydrogen-bond donors (Lipinski definition) is 1. The molecular weight excluding hydrogens is 142 g/mol. The lowest BCUT2D eigenvalue weighted by molar-refractivity contribution is -0.232. The Morgan fingerprint density at radius 3 is 2.64 bits per heavy atom. The van der Waals surface area contributed by atoms with Crippen molar-refractivity contribution in [3.63, 3.8) is 0 Å². The lowest BCUT2D eigenvalue weighted by atomic mass is 10.0. The summed E-state index contributed by atoms with van der Waals surface area (Å²) < 4.78 is 5.33. The monoisotopic (exact) mass is 159 g/mol. The number of ether oxygens (including phenoxy) is 1. The zero-order valence-electron chi connectivity index (χ0n) is 7.50. The summed E-state index contributed by atoms with van der Waals surface area (Å²) in [4.78, 5) is 0. The van der Waals surface area contributed by atoms with Crippen LogP contribution in [0.3, 0.4) is 0 Å². The van der Waals surface area contributed by atoms with E-state index in [0.717, 1.165) is 12.8 Å². The van der Waals surface area contributed by atoms with Crippen molar-refractivity contribution in [2.24, 2.45) is 0 Å². The fraction of sp³-hybridized carbons (Fsp3) is 1.00. The van der Waals surface area contributed by atoms with Crippen LogP contribution in [0.15, 0.2) is 0 Å². The summed E-state index contributed by atoms with van der Waals surface area (Å²) >= 11 is 0. The molecule has 1 N–H and O–H groups in total. The molecule has 1 heterocycles. The molecular formula is C8H17NO2. The fourth-order valence-corrected chi connectivity index (χ4v) is 1.45. The minimum Gasteiger partial charge on any atom is -0.361 e. The number of nitrogens with zero attached hydrogens (tertiary/aromatic N) is 1. The molecule has 1 aliphatic heterocycles. The zero-order valence-corrected chi connectivity index (χ0v) is 7.50. The maximum Gasteiger partial charge on any atom is 0.133 e. The lowest BCUT2D eigenvalue weighted by Crippen LogP contribution is -2.41. The fourth-order valence-electron chi connectivity index (χ4n) is 1.45. The molecule has 1 unspecified atom stereocenters. The van der Waals surface area contributed by atoms with Crippen molar-refractivity contribution in [2.45, 2.75) is 45.4 Å². The van der Waals surface area contributed by atoms with Crippen molar-refractivity contribution < 1.29 is 9.94 Å². The van der Waals surface area contributed by atoms with Gasteiger partial charge in [-0.05, 0) is 33.6 Å². The van der Waals surface area contributed by atoms with E-state index in [2.05, 4.69) is 0 Å². The van der Waals surface area contributed by atoms with E-state index in [-0.39, 0.29) is 11.8 Å². The Balaban J connectivity index is 2.49. The van der Waals surface area contributed by atoms with E-state index >= 15 is 0 Å². The highest BCUT2D eigenvalue weighted by atomic mass is 16.6. The topological polar surface area (TPSA) is 32.7 Å². The third kappa shape index (κ3) is 1.72. The number of rotatable bonds is 2. The highest BCUT2D eigenvalue weighted by Crippen LogP contribution is 2.31. The summed E-state index contributed by atoms with van der Waals surface area (Å²) in [6, 6.07) is 0. The van der Waals surface area contributed by atoms with Gasteiger partial charge in [-0.2, -0.15) is 5.06 Å². The molecule has 0 aromatic rings. The average Bonchev–Trinajstić information content (AvgIpc) is 2.17. The molecule has 0 saturated carbocycles. The molecule has 0 bridgehead atoms. The van der Waals surface area contributed by atoms with Crippen LogP contribution in [-0.2, 0) is 4.74 Å². The molecule has 0 aromatic heterocycles. The Bertz CT molecular complexity index is 136. The molecule has 11 heavy (non-hydrogen) atoms. The van der Waals surface area contributed by atoms with Crippen molar-refractivity contribution in [1.82, 2.24) is 5.06 Å². The highest BCUT2D eigenvalue weighted by molar-refractivity contribution is 4.85. The normalized spacial score (nSPS) is 31.1. The Morgan fingerprint density at radius 2 is 2.27 bits per heavy atom. The van der Waals surface area contributed by atoms with Gasteiger partial charge in [-0.25, -0.2) is 0 Å². The summed E-state index contributed by atoms with van der Waals surface area (Å²) in [7, 11) is 0. The Morgan fingerprint density at radius 1 is 1.64 bits per heavy atom. The molecule has 3 heteroatoms. The van der Waals surface area contributed by atoms with Crippen molar-refractivity contribution >= 4 is 0 Å². The van der Waals surface area contributed by atoms with Gasteiger partial charge in [-0.1, -0.05) is 0 Å². The Labute approximate surface area is 67.9 Å². The second-order valence-electron chi connectivity index (χ2n) is 3.61. The van der Waals surface area contributed by atoms with E-state index in [9.17, 15) is 5.21 Å². The van der Waals surface area contributed by atoms with Crippen LogP contribution in [0.25, 0.3) is 0 Å². The second kappa shape index (κ2) is 3.09. The van der Waals surface area contributed by atoms with Crippen LogP contribution in [0.1, 0.15) is 33.6 Å². The molecule has 66 valence electrons. The van der Waals surface area contributed by atoms with Crippen molar-refractivity contribution in [3.8, 4) is 0 Å². The lowest BCUT2D eigenvalue weighted by Gasteiger charge is -2.28. The van der Waals surface area contributed by atoms with Gasteiger partial charge < -0.3 is 9.94 Å². The van der Waals surface area contributed by atoms with Crippen LogP contribution in [0.4, 0.5) is 0 Å². The molecule has 1 atom stereocenters. The van der Waals surface area contributed by atoms with Gasteiger partial charge >= 0.3 is 0 Å². The predicted molar refractivity (Wildman–Crippen MR) is 42.4 cm³/mol. The van der Waals surface area contributed by atoms with Gasteiger partial charge in [-0.15, -0.1) is 0 Å². The minimum absolute atomic E-state index is 0.0880. The summed E-state index contributed by atoms with van der Waals surface area (Å²) in [5.41, 5.74) is -0.111. The Hall–Kier alpha value is -0.120. The molecule has 0 spiro atoms. The number of hydrogen-bond acceptors (Lipinski definition) is 3. The molecule has 1 aliphatic rings. The van der Waals surface area contributed by atoms with E-state index in [0.29, 0.717) is 6.61 Å². The highest BCUT2D eigenvalue weighted by Gasteiger charge is 2.38. The molecule has 1 fully saturated rings. The van der Waals surface area contributed by atoms with E-state index < -0.39 is 0 Å². The van der Waals surface area contributed by atoms with E-state index in [4.69, 9.17) is 4.74 Å². The molecule has 0 amide bonds. The third-order valence-electron chi connectivity index (χ3n) is 2.26. The third-order valence-corrected chi connectivity index (χ3v) is 2.26. The maximum atomic E-state index is 9.56. The molecule has 0 aromatic carbocycles. The average molecular weight is 159 g/mol. The number of hydroxylamine groups is 2. The van der Waals surface area contributed by atoms with Gasteiger partial charge in [0.05, 0.1) is 0 Å². The van der Waals surface area contributed by atoms with Crippen LogP contribution in [0, 0.1) is 0 Å². The largest absolute Gasteiger partial charge is 0.361 e. The molecule has 0 radical (unpaired) electrons. The van der Waals surface area contributed by atoms with Gasteiger partial charge in [0.25, 0.3) is 0 Å². The smallest absolute Gasteiger partial charge is 0.133 e. The maximum absolute atomic E-state index is 9.56. The first kappa shape index (κ1) is 8.97. The van der Waals surface area contributed by atoms with Gasteiger partial charge in [-0.3, -0.25) is 0 Å². The second-order valence-corrected chi connectivity index (χ2v) is 3.61. The van der Waals surface area contributed by atoms with Crippen LogP contribution in [0.5, 0.6) is 0 Å². The summed E-state index contributed by atoms with van der Waals surface area (Å²) in [6.07, 6.45) is 1.83. The van der Waals surface area contributed by atoms with E-state index in [1.165, 1.54) is 5.06 Å². The zero-order chi connectivity index (χ0) is 8.48. The summed E-state index contributed by atoms with van der Waals surface area (Å²) in [5.74, 6) is 0.